The second-order valence-corrected chi connectivity index (χ2v) is 7.72. The standard InChI is InChI=1S/C24H20FNO2S/c25-20-12-10-18(11-13-20)14-26-15-23(21-8-4-5-9-22(21)26)29-17-24(27)28-16-19-6-2-1-3-7-19/h1-13,15H,14,16-17H2. The highest BCUT2D eigenvalue weighted by molar-refractivity contribution is 8.00. The lowest BCUT2D eigenvalue weighted by Gasteiger charge is -2.05. The number of hydrogen-bond donors (Lipinski definition) is 0. The Kier molecular flexibility index (Phi) is 5.96. The largest absolute Gasteiger partial charge is 0.460 e. The number of ether oxygens (including phenoxy) is 1. The van der Waals surface area contributed by atoms with Crippen LogP contribution in [0.5, 0.6) is 0 Å². The third kappa shape index (κ3) is 4.87. The first-order valence-corrected chi connectivity index (χ1v) is 10.3. The molecule has 0 bridgehead atoms. The molecule has 0 spiro atoms. The molecule has 0 unspecified atom stereocenters. The van der Waals surface area contributed by atoms with E-state index in [0.717, 1.165) is 26.9 Å². The van der Waals surface area contributed by atoms with Gasteiger partial charge < -0.3 is 9.30 Å². The van der Waals surface area contributed by atoms with Crippen LogP contribution in [0.25, 0.3) is 10.9 Å². The molecule has 0 aliphatic heterocycles. The van der Waals surface area contributed by atoms with E-state index in [1.807, 2.05) is 54.7 Å². The van der Waals surface area contributed by atoms with Gasteiger partial charge in [0.2, 0.25) is 0 Å². The van der Waals surface area contributed by atoms with E-state index in [4.69, 9.17) is 4.74 Å². The highest BCUT2D eigenvalue weighted by Crippen LogP contribution is 2.30. The predicted molar refractivity (Wildman–Crippen MR) is 114 cm³/mol. The summed E-state index contributed by atoms with van der Waals surface area (Å²) < 4.78 is 20.7. The van der Waals surface area contributed by atoms with E-state index in [-0.39, 0.29) is 24.1 Å². The molecular weight excluding hydrogens is 385 g/mol. The first-order chi connectivity index (χ1) is 14.2. The molecule has 0 radical (unpaired) electrons. The Morgan fingerprint density at radius 3 is 2.41 bits per heavy atom. The van der Waals surface area contributed by atoms with Crippen LogP contribution in [-0.4, -0.2) is 16.3 Å². The number of rotatable bonds is 7. The molecule has 5 heteroatoms. The van der Waals surface area contributed by atoms with Crippen molar-refractivity contribution in [1.82, 2.24) is 4.57 Å². The van der Waals surface area contributed by atoms with E-state index < -0.39 is 0 Å². The van der Waals surface area contributed by atoms with E-state index in [1.54, 1.807) is 12.1 Å². The second-order valence-electron chi connectivity index (χ2n) is 6.70. The van der Waals surface area contributed by atoms with Crippen molar-refractivity contribution in [2.45, 2.75) is 18.0 Å². The van der Waals surface area contributed by atoms with Gasteiger partial charge in [0.05, 0.1) is 5.75 Å². The van der Waals surface area contributed by atoms with Crippen molar-refractivity contribution in [3.8, 4) is 0 Å². The lowest BCUT2D eigenvalue weighted by molar-refractivity contribution is -0.141. The first kappa shape index (κ1) is 19.3. The SMILES string of the molecule is O=C(CSc1cn(Cc2ccc(F)cc2)c2ccccc12)OCc1ccccc1. The number of esters is 1. The van der Waals surface area contributed by atoms with Gasteiger partial charge in [0, 0.05) is 28.5 Å². The Bertz CT molecular complexity index is 1110. The van der Waals surface area contributed by atoms with Crippen LogP contribution in [-0.2, 0) is 22.7 Å². The number of para-hydroxylation sites is 1. The smallest absolute Gasteiger partial charge is 0.316 e. The van der Waals surface area contributed by atoms with Crippen LogP contribution >= 0.6 is 11.8 Å². The Morgan fingerprint density at radius 1 is 0.897 bits per heavy atom. The van der Waals surface area contributed by atoms with E-state index in [0.29, 0.717) is 6.54 Å². The van der Waals surface area contributed by atoms with Crippen molar-refractivity contribution >= 4 is 28.6 Å². The molecule has 0 saturated heterocycles. The molecule has 1 heterocycles. The summed E-state index contributed by atoms with van der Waals surface area (Å²) in [5.41, 5.74) is 3.07. The topological polar surface area (TPSA) is 31.2 Å². The third-order valence-corrected chi connectivity index (χ3v) is 5.62. The molecule has 0 fully saturated rings. The molecule has 0 atom stereocenters. The van der Waals surface area contributed by atoms with Crippen LogP contribution in [0.3, 0.4) is 0 Å². The molecule has 1 aromatic heterocycles. The first-order valence-electron chi connectivity index (χ1n) is 9.34. The molecule has 0 N–H and O–H groups in total. The molecule has 3 aromatic carbocycles. The van der Waals surface area contributed by atoms with Crippen molar-refractivity contribution in [2.24, 2.45) is 0 Å². The molecule has 4 aromatic rings. The summed E-state index contributed by atoms with van der Waals surface area (Å²) in [6.45, 7) is 0.923. The minimum absolute atomic E-state index is 0.239. The zero-order valence-corrected chi connectivity index (χ0v) is 16.6. The molecule has 0 amide bonds. The highest BCUT2D eigenvalue weighted by Gasteiger charge is 2.12. The lowest BCUT2D eigenvalue weighted by atomic mass is 10.2. The van der Waals surface area contributed by atoms with Gasteiger partial charge in [-0.15, -0.1) is 11.8 Å². The minimum Gasteiger partial charge on any atom is -0.460 e. The predicted octanol–water partition coefficient (Wildman–Crippen LogP) is 5.66. The van der Waals surface area contributed by atoms with Crippen molar-refractivity contribution < 1.29 is 13.9 Å². The van der Waals surface area contributed by atoms with Crippen LogP contribution < -0.4 is 0 Å². The number of halogens is 1. The summed E-state index contributed by atoms with van der Waals surface area (Å²) in [5.74, 6) is -0.234. The fourth-order valence-corrected chi connectivity index (χ4v) is 4.05. The maximum atomic E-state index is 13.2. The Hall–Kier alpha value is -3.05. The van der Waals surface area contributed by atoms with E-state index in [1.165, 1.54) is 23.9 Å². The quantitative estimate of drug-likeness (QED) is 0.293. The Balaban J connectivity index is 1.44. The normalized spacial score (nSPS) is 10.9. The summed E-state index contributed by atoms with van der Waals surface area (Å²) in [7, 11) is 0. The number of nitrogens with zero attached hydrogens (tertiary/aromatic N) is 1. The molecule has 3 nitrogen and oxygen atoms in total. The summed E-state index contributed by atoms with van der Waals surface area (Å²) in [6.07, 6.45) is 2.04. The zero-order valence-electron chi connectivity index (χ0n) is 15.8. The van der Waals surface area contributed by atoms with E-state index >= 15 is 0 Å². The Labute approximate surface area is 173 Å². The fraction of sp³-hybridized carbons (Fsp3) is 0.125. The Morgan fingerprint density at radius 2 is 1.62 bits per heavy atom. The molecule has 0 aliphatic rings. The molecule has 0 saturated carbocycles. The van der Waals surface area contributed by atoms with E-state index in [9.17, 15) is 9.18 Å². The van der Waals surface area contributed by atoms with Gasteiger partial charge in [0.25, 0.3) is 0 Å². The highest BCUT2D eigenvalue weighted by atomic mass is 32.2. The van der Waals surface area contributed by atoms with Crippen molar-refractivity contribution in [3.63, 3.8) is 0 Å². The summed E-state index contributed by atoms with van der Waals surface area (Å²) >= 11 is 1.47. The van der Waals surface area contributed by atoms with Gasteiger partial charge in [-0.3, -0.25) is 4.79 Å². The second kappa shape index (κ2) is 8.97. The molecule has 0 aliphatic carbocycles. The number of aromatic nitrogens is 1. The molecule has 29 heavy (non-hydrogen) atoms. The van der Waals surface area contributed by atoms with Crippen LogP contribution in [0.1, 0.15) is 11.1 Å². The molecular formula is C24H20FNO2S. The summed E-state index contributed by atoms with van der Waals surface area (Å²) in [6, 6.07) is 24.3. The number of carbonyl (C=O) groups excluding carboxylic acids is 1. The zero-order chi connectivity index (χ0) is 20.1. The average molecular weight is 405 g/mol. The third-order valence-electron chi connectivity index (χ3n) is 4.61. The van der Waals surface area contributed by atoms with Crippen LogP contribution in [0, 0.1) is 5.82 Å². The number of hydrogen-bond acceptors (Lipinski definition) is 3. The van der Waals surface area contributed by atoms with Gasteiger partial charge in [-0.05, 0) is 29.3 Å². The van der Waals surface area contributed by atoms with Gasteiger partial charge in [0.1, 0.15) is 12.4 Å². The van der Waals surface area contributed by atoms with Crippen molar-refractivity contribution in [1.29, 1.82) is 0 Å². The summed E-state index contributed by atoms with van der Waals surface area (Å²) in [5, 5.41) is 1.09. The average Bonchev–Trinajstić information content (AvgIpc) is 3.11. The van der Waals surface area contributed by atoms with Gasteiger partial charge in [0.15, 0.2) is 0 Å². The minimum atomic E-state index is -0.241. The van der Waals surface area contributed by atoms with Crippen LogP contribution in [0.2, 0.25) is 0 Å². The van der Waals surface area contributed by atoms with Gasteiger partial charge in [-0.25, -0.2) is 4.39 Å². The van der Waals surface area contributed by atoms with E-state index in [2.05, 4.69) is 10.6 Å². The van der Waals surface area contributed by atoms with Gasteiger partial charge >= 0.3 is 5.97 Å². The number of fused-ring (bicyclic) bond motifs is 1. The lowest BCUT2D eigenvalue weighted by Crippen LogP contribution is -2.07. The molecule has 4 rings (SSSR count). The van der Waals surface area contributed by atoms with Crippen LogP contribution in [0.15, 0.2) is 90.0 Å². The maximum Gasteiger partial charge on any atom is 0.316 e. The van der Waals surface area contributed by atoms with Crippen molar-refractivity contribution in [2.75, 3.05) is 5.75 Å². The number of benzene rings is 3. The van der Waals surface area contributed by atoms with Gasteiger partial charge in [-0.2, -0.15) is 0 Å². The van der Waals surface area contributed by atoms with Gasteiger partial charge in [-0.1, -0.05) is 60.7 Å². The van der Waals surface area contributed by atoms with Crippen molar-refractivity contribution in [3.05, 3.63) is 102 Å². The summed E-state index contributed by atoms with van der Waals surface area (Å²) in [4.78, 5) is 13.2. The number of thioether (sulfide) groups is 1. The monoisotopic (exact) mass is 405 g/mol. The maximum absolute atomic E-state index is 13.2. The fourth-order valence-electron chi connectivity index (χ4n) is 3.16. The number of carbonyl (C=O) groups is 1. The molecule has 146 valence electrons. The van der Waals surface area contributed by atoms with Crippen LogP contribution in [0.4, 0.5) is 4.39 Å².